The molecule has 0 fully saturated rings. The number of carbonyl (C=O) groups is 1. The molecule has 0 saturated carbocycles. The molecule has 0 saturated heterocycles. The summed E-state index contributed by atoms with van der Waals surface area (Å²) < 4.78 is 12.4. The van der Waals surface area contributed by atoms with Gasteiger partial charge in [0, 0.05) is 12.7 Å². The molecule has 0 N–H and O–H groups in total. The monoisotopic (exact) mass is 419 g/mol. The predicted octanol–water partition coefficient (Wildman–Crippen LogP) is 4.66. The smallest absolute Gasteiger partial charge is 0.309 e. The molecule has 2 aromatic rings. The van der Waals surface area contributed by atoms with E-state index in [0.29, 0.717) is 13.2 Å². The van der Waals surface area contributed by atoms with E-state index in [4.69, 9.17) is 8.92 Å². The molecule has 0 bridgehead atoms. The molecule has 160 valence electrons. The van der Waals surface area contributed by atoms with Gasteiger partial charge in [-0.25, -0.2) is 0 Å². The lowest BCUT2D eigenvalue weighted by molar-refractivity contribution is -0.148. The van der Waals surface area contributed by atoms with Crippen molar-refractivity contribution in [2.75, 3.05) is 6.61 Å². The Morgan fingerprint density at radius 1 is 1.31 bits per heavy atom. The molecular formula is C22H33N3O3S. The zero-order valence-corrected chi connectivity index (χ0v) is 18.8. The number of hydrogen-bond donors (Lipinski definition) is 1. The second kappa shape index (κ2) is 12.0. The summed E-state index contributed by atoms with van der Waals surface area (Å²) in [5.74, 6) is -0.371. The van der Waals surface area contributed by atoms with Crippen LogP contribution in [-0.4, -0.2) is 27.6 Å². The quantitative estimate of drug-likeness (QED) is 0.234. The van der Waals surface area contributed by atoms with Crippen LogP contribution < -0.4 is 0 Å². The van der Waals surface area contributed by atoms with E-state index in [0.717, 1.165) is 54.6 Å². The van der Waals surface area contributed by atoms with Gasteiger partial charge in [0.15, 0.2) is 0 Å². The first-order chi connectivity index (χ1) is 14.0. The van der Waals surface area contributed by atoms with Gasteiger partial charge < -0.3 is 8.92 Å². The van der Waals surface area contributed by atoms with Crippen LogP contribution in [0, 0.1) is 12.8 Å². The van der Waals surface area contributed by atoms with Crippen molar-refractivity contribution in [2.45, 2.75) is 72.4 Å². The van der Waals surface area contributed by atoms with Gasteiger partial charge in [0.05, 0.1) is 24.8 Å². The van der Waals surface area contributed by atoms with Gasteiger partial charge in [-0.1, -0.05) is 43.7 Å². The molecule has 0 aliphatic heterocycles. The number of unbranched alkanes of at least 4 members (excludes halogenated alkanes) is 1. The minimum atomic E-state index is -0.249. The molecule has 1 heterocycles. The number of rotatable bonds is 12. The van der Waals surface area contributed by atoms with E-state index >= 15 is 0 Å². The first kappa shape index (κ1) is 23.4. The molecule has 2 unspecified atom stereocenters. The van der Waals surface area contributed by atoms with Crippen LogP contribution in [0.4, 0.5) is 0 Å². The summed E-state index contributed by atoms with van der Waals surface area (Å²) in [7, 11) is 0. The van der Waals surface area contributed by atoms with Crippen molar-refractivity contribution < 1.29 is 13.7 Å². The van der Waals surface area contributed by atoms with Crippen LogP contribution in [-0.2, 0) is 33.3 Å². The van der Waals surface area contributed by atoms with Crippen molar-refractivity contribution >= 4 is 18.9 Å². The van der Waals surface area contributed by atoms with E-state index in [2.05, 4.69) is 48.3 Å². The van der Waals surface area contributed by atoms with Gasteiger partial charge in [0.2, 0.25) is 0 Å². The average Bonchev–Trinajstić information content (AvgIpc) is 3.18. The average molecular weight is 420 g/mol. The van der Waals surface area contributed by atoms with Crippen LogP contribution in [0.2, 0.25) is 0 Å². The largest absolute Gasteiger partial charge is 0.465 e. The fourth-order valence-corrected chi connectivity index (χ4v) is 3.52. The Labute approximate surface area is 179 Å². The van der Waals surface area contributed by atoms with Gasteiger partial charge in [-0.05, 0) is 68.6 Å². The summed E-state index contributed by atoms with van der Waals surface area (Å²) in [4.78, 5) is 12.7. The van der Waals surface area contributed by atoms with Gasteiger partial charge in [0.25, 0.3) is 0 Å². The molecule has 7 heteroatoms. The van der Waals surface area contributed by atoms with E-state index in [9.17, 15) is 4.79 Å². The lowest BCUT2D eigenvalue weighted by Gasteiger charge is -2.24. The highest BCUT2D eigenvalue weighted by Gasteiger charge is 2.27. The molecule has 6 nitrogen and oxygen atoms in total. The molecule has 2 atom stereocenters. The summed E-state index contributed by atoms with van der Waals surface area (Å²) in [6.07, 6.45) is 5.40. The Balaban J connectivity index is 2.21. The third-order valence-corrected chi connectivity index (χ3v) is 5.49. The van der Waals surface area contributed by atoms with Crippen molar-refractivity contribution in [3.63, 3.8) is 0 Å². The zero-order chi connectivity index (χ0) is 21.2. The second-order valence-corrected chi connectivity index (χ2v) is 7.74. The summed E-state index contributed by atoms with van der Waals surface area (Å²) in [5.41, 5.74) is 4.27. The molecule has 0 spiro atoms. The van der Waals surface area contributed by atoms with E-state index in [-0.39, 0.29) is 17.8 Å². The van der Waals surface area contributed by atoms with Crippen molar-refractivity contribution in [3.05, 3.63) is 46.8 Å². The minimum Gasteiger partial charge on any atom is -0.465 e. The van der Waals surface area contributed by atoms with E-state index in [1.165, 1.54) is 0 Å². The summed E-state index contributed by atoms with van der Waals surface area (Å²) in [5, 5.41) is 8.36. The van der Waals surface area contributed by atoms with E-state index in [1.54, 1.807) is 0 Å². The lowest BCUT2D eigenvalue weighted by Crippen LogP contribution is -2.23. The third kappa shape index (κ3) is 6.85. The van der Waals surface area contributed by atoms with Crippen LogP contribution in [0.5, 0.6) is 0 Å². The molecular weight excluding hydrogens is 386 g/mol. The van der Waals surface area contributed by atoms with Crippen molar-refractivity contribution in [2.24, 2.45) is 5.92 Å². The molecule has 29 heavy (non-hydrogen) atoms. The number of benzene rings is 1. The zero-order valence-electron chi connectivity index (χ0n) is 17.9. The molecule has 0 aliphatic carbocycles. The van der Waals surface area contributed by atoms with Gasteiger partial charge >= 0.3 is 5.97 Å². The standard InChI is InChI=1S/C22H33N3O3S/c1-5-7-12-27-22(26)17(4)21(11-10-20-14-25(6-2)24-23-20)18-9-8-16(3)19(13-18)15-28-29/h8-9,13-14,17,21,29H,5-7,10-12,15H2,1-4H3. The Bertz CT molecular complexity index is 778. The number of aryl methyl sites for hydroxylation is 3. The van der Waals surface area contributed by atoms with Gasteiger partial charge in [-0.2, -0.15) is 0 Å². The fourth-order valence-electron chi connectivity index (χ4n) is 3.38. The summed E-state index contributed by atoms with van der Waals surface area (Å²) in [6.45, 7) is 9.82. The SMILES string of the molecule is CCCCOC(=O)C(C)C(CCc1cn(CC)nn1)c1ccc(C)c(COS)c1. The number of carbonyl (C=O) groups excluding carboxylic acids is 1. The maximum absolute atomic E-state index is 12.7. The van der Waals surface area contributed by atoms with Crippen LogP contribution in [0.25, 0.3) is 0 Å². The summed E-state index contributed by atoms with van der Waals surface area (Å²) in [6, 6.07) is 6.29. The number of nitrogens with zero attached hydrogens (tertiary/aromatic N) is 3. The van der Waals surface area contributed by atoms with Crippen LogP contribution >= 0.6 is 12.9 Å². The van der Waals surface area contributed by atoms with Crippen LogP contribution in [0.3, 0.4) is 0 Å². The maximum Gasteiger partial charge on any atom is 0.309 e. The Hall–Kier alpha value is -1.86. The topological polar surface area (TPSA) is 66.2 Å². The number of esters is 1. The van der Waals surface area contributed by atoms with Gasteiger partial charge in [-0.15, -0.1) is 5.10 Å². The van der Waals surface area contributed by atoms with Crippen LogP contribution in [0.1, 0.15) is 68.3 Å². The second-order valence-electron chi connectivity index (χ2n) is 7.48. The molecule has 2 rings (SSSR count). The van der Waals surface area contributed by atoms with Crippen LogP contribution in [0.15, 0.2) is 24.4 Å². The highest BCUT2D eigenvalue weighted by atomic mass is 32.1. The third-order valence-electron chi connectivity index (χ3n) is 5.36. The normalized spacial score (nSPS) is 13.3. The predicted molar refractivity (Wildman–Crippen MR) is 117 cm³/mol. The van der Waals surface area contributed by atoms with E-state index in [1.807, 2.05) is 31.6 Å². The lowest BCUT2D eigenvalue weighted by atomic mass is 9.82. The summed E-state index contributed by atoms with van der Waals surface area (Å²) >= 11 is 3.90. The highest BCUT2D eigenvalue weighted by Crippen LogP contribution is 2.32. The first-order valence-corrected chi connectivity index (χ1v) is 10.8. The fraction of sp³-hybridized carbons (Fsp3) is 0.591. The van der Waals surface area contributed by atoms with Gasteiger partial charge in [-0.3, -0.25) is 9.48 Å². The molecule has 0 radical (unpaired) electrons. The highest BCUT2D eigenvalue weighted by molar-refractivity contribution is 7.75. The molecule has 1 aromatic heterocycles. The van der Waals surface area contributed by atoms with Crippen molar-refractivity contribution in [1.29, 1.82) is 0 Å². The Kier molecular flexibility index (Phi) is 9.67. The first-order valence-electron chi connectivity index (χ1n) is 10.4. The van der Waals surface area contributed by atoms with E-state index < -0.39 is 0 Å². The number of aromatic nitrogens is 3. The van der Waals surface area contributed by atoms with Crippen molar-refractivity contribution in [3.8, 4) is 0 Å². The Morgan fingerprint density at radius 3 is 2.76 bits per heavy atom. The number of ether oxygens (including phenoxy) is 1. The van der Waals surface area contributed by atoms with Gasteiger partial charge in [0.1, 0.15) is 0 Å². The maximum atomic E-state index is 12.7. The minimum absolute atomic E-state index is 0.0233. The Morgan fingerprint density at radius 2 is 2.10 bits per heavy atom. The molecule has 0 aliphatic rings. The number of hydrogen-bond acceptors (Lipinski definition) is 6. The molecule has 0 amide bonds. The van der Waals surface area contributed by atoms with Crippen molar-refractivity contribution in [1.82, 2.24) is 15.0 Å². The number of thiol groups is 1. The molecule has 1 aromatic carbocycles.